The third kappa shape index (κ3) is 4.51. The normalized spacial score (nSPS) is 23.0. The highest BCUT2D eigenvalue weighted by molar-refractivity contribution is 5.90. The lowest BCUT2D eigenvalue weighted by molar-refractivity contribution is -0.116. The molecule has 3 N–H and O–H groups in total. The maximum Gasteiger partial charge on any atom is 0.225 e. The van der Waals surface area contributed by atoms with E-state index in [2.05, 4.69) is 17.1 Å². The molecule has 2 unspecified atom stereocenters. The first-order valence-corrected chi connectivity index (χ1v) is 7.62. The van der Waals surface area contributed by atoms with Gasteiger partial charge in [0.25, 0.3) is 0 Å². The van der Waals surface area contributed by atoms with E-state index in [4.69, 9.17) is 5.73 Å². The van der Waals surface area contributed by atoms with Gasteiger partial charge in [-0.25, -0.2) is 4.39 Å². The van der Waals surface area contributed by atoms with Gasteiger partial charge in [0, 0.05) is 25.6 Å². The number of nitrogens with two attached hydrogens (primary N) is 1. The number of carbonyl (C=O) groups is 1. The fourth-order valence-electron chi connectivity index (χ4n) is 2.80. The third-order valence-electron chi connectivity index (χ3n) is 4.20. The Morgan fingerprint density at radius 2 is 2.24 bits per heavy atom. The van der Waals surface area contributed by atoms with E-state index in [-0.39, 0.29) is 17.6 Å². The van der Waals surface area contributed by atoms with Gasteiger partial charge in [-0.15, -0.1) is 0 Å². The van der Waals surface area contributed by atoms with Gasteiger partial charge in [-0.1, -0.05) is 25.5 Å². The van der Waals surface area contributed by atoms with E-state index < -0.39 is 5.82 Å². The minimum Gasteiger partial charge on any atom is -0.327 e. The van der Waals surface area contributed by atoms with Crippen molar-refractivity contribution in [2.24, 2.45) is 11.7 Å². The van der Waals surface area contributed by atoms with Gasteiger partial charge in [-0.05, 0) is 31.0 Å². The zero-order chi connectivity index (χ0) is 15.2. The Bertz CT molecular complexity index is 480. The van der Waals surface area contributed by atoms with Gasteiger partial charge in [0.15, 0.2) is 0 Å². The number of piperidine rings is 1. The SMILES string of the molecule is CCC1CN(CCC(=O)Nc2ccccc2F)CCC1N. The number of nitrogens with one attached hydrogen (secondary N) is 1. The summed E-state index contributed by atoms with van der Waals surface area (Å²) >= 11 is 0. The van der Waals surface area contributed by atoms with Crippen molar-refractivity contribution in [3.05, 3.63) is 30.1 Å². The number of anilines is 1. The van der Waals surface area contributed by atoms with E-state index in [1.54, 1.807) is 18.2 Å². The molecule has 2 rings (SSSR count). The predicted octanol–water partition coefficient (Wildman–Crippen LogP) is 2.21. The number of hydrogen-bond acceptors (Lipinski definition) is 3. The maximum absolute atomic E-state index is 13.4. The molecule has 1 fully saturated rings. The average molecular weight is 293 g/mol. The van der Waals surface area contributed by atoms with Crippen LogP contribution in [0.3, 0.4) is 0 Å². The quantitative estimate of drug-likeness (QED) is 0.875. The molecule has 2 atom stereocenters. The molecule has 1 aromatic rings. The van der Waals surface area contributed by atoms with Crippen LogP contribution in [-0.4, -0.2) is 36.5 Å². The monoisotopic (exact) mass is 293 g/mol. The van der Waals surface area contributed by atoms with Gasteiger partial charge in [0.1, 0.15) is 5.82 Å². The Kier molecular flexibility index (Phi) is 5.70. The molecule has 116 valence electrons. The molecular formula is C16H24FN3O. The van der Waals surface area contributed by atoms with Crippen molar-refractivity contribution in [3.63, 3.8) is 0 Å². The first-order valence-electron chi connectivity index (χ1n) is 7.62. The van der Waals surface area contributed by atoms with Gasteiger partial charge in [0.05, 0.1) is 5.69 Å². The zero-order valence-electron chi connectivity index (χ0n) is 12.5. The fraction of sp³-hybridized carbons (Fsp3) is 0.562. The molecule has 0 aliphatic carbocycles. The molecule has 1 heterocycles. The van der Waals surface area contributed by atoms with Crippen LogP contribution in [0.1, 0.15) is 26.2 Å². The van der Waals surface area contributed by atoms with Crippen molar-refractivity contribution in [3.8, 4) is 0 Å². The maximum atomic E-state index is 13.4. The Morgan fingerprint density at radius 3 is 2.95 bits per heavy atom. The highest BCUT2D eigenvalue weighted by Crippen LogP contribution is 2.19. The number of likely N-dealkylation sites (tertiary alicyclic amines) is 1. The molecule has 4 nitrogen and oxygen atoms in total. The summed E-state index contributed by atoms with van der Waals surface area (Å²) in [6.45, 7) is 4.73. The lowest BCUT2D eigenvalue weighted by Gasteiger charge is -2.36. The summed E-state index contributed by atoms with van der Waals surface area (Å²) < 4.78 is 13.4. The predicted molar refractivity (Wildman–Crippen MR) is 82.5 cm³/mol. The van der Waals surface area contributed by atoms with Crippen LogP contribution in [0.25, 0.3) is 0 Å². The van der Waals surface area contributed by atoms with Crippen LogP contribution >= 0.6 is 0 Å². The molecule has 0 bridgehead atoms. The molecule has 0 aromatic heterocycles. The van der Waals surface area contributed by atoms with Crippen LogP contribution in [0, 0.1) is 11.7 Å². The van der Waals surface area contributed by atoms with Crippen molar-refractivity contribution in [2.45, 2.75) is 32.2 Å². The highest BCUT2D eigenvalue weighted by Gasteiger charge is 2.25. The van der Waals surface area contributed by atoms with Crippen LogP contribution in [0.5, 0.6) is 0 Å². The summed E-state index contributed by atoms with van der Waals surface area (Å²) in [7, 11) is 0. The lowest BCUT2D eigenvalue weighted by atomic mass is 9.90. The Hall–Kier alpha value is -1.46. The molecule has 1 aromatic carbocycles. The van der Waals surface area contributed by atoms with E-state index in [1.165, 1.54) is 6.07 Å². The Morgan fingerprint density at radius 1 is 1.48 bits per heavy atom. The molecule has 1 aliphatic heterocycles. The molecule has 0 spiro atoms. The average Bonchev–Trinajstić information content (AvgIpc) is 2.49. The molecule has 21 heavy (non-hydrogen) atoms. The minimum absolute atomic E-state index is 0.150. The first kappa shape index (κ1) is 15.9. The van der Waals surface area contributed by atoms with Crippen molar-refractivity contribution in [1.29, 1.82) is 0 Å². The van der Waals surface area contributed by atoms with Gasteiger partial charge >= 0.3 is 0 Å². The molecule has 0 radical (unpaired) electrons. The zero-order valence-corrected chi connectivity index (χ0v) is 12.5. The number of amides is 1. The summed E-state index contributed by atoms with van der Waals surface area (Å²) in [5.41, 5.74) is 6.32. The highest BCUT2D eigenvalue weighted by atomic mass is 19.1. The minimum atomic E-state index is -0.402. The third-order valence-corrected chi connectivity index (χ3v) is 4.20. The fourth-order valence-corrected chi connectivity index (χ4v) is 2.80. The molecule has 5 heteroatoms. The second-order valence-corrected chi connectivity index (χ2v) is 5.70. The summed E-state index contributed by atoms with van der Waals surface area (Å²) in [6.07, 6.45) is 2.42. The van der Waals surface area contributed by atoms with Gasteiger partial charge in [-0.2, -0.15) is 0 Å². The summed E-state index contributed by atoms with van der Waals surface area (Å²) in [5, 5.41) is 2.62. The number of halogens is 1. The molecule has 1 saturated heterocycles. The first-order chi connectivity index (χ1) is 10.1. The summed E-state index contributed by atoms with van der Waals surface area (Å²) in [5.74, 6) is -0.0442. The van der Waals surface area contributed by atoms with E-state index in [0.29, 0.717) is 18.9 Å². The second-order valence-electron chi connectivity index (χ2n) is 5.70. The Balaban J connectivity index is 1.78. The van der Waals surface area contributed by atoms with Gasteiger partial charge in [-0.3, -0.25) is 4.79 Å². The number of benzene rings is 1. The van der Waals surface area contributed by atoms with Gasteiger partial charge in [0.2, 0.25) is 5.91 Å². The van der Waals surface area contributed by atoms with E-state index >= 15 is 0 Å². The lowest BCUT2D eigenvalue weighted by Crippen LogP contribution is -2.47. The van der Waals surface area contributed by atoms with Crippen LogP contribution in [-0.2, 0) is 4.79 Å². The molecule has 0 saturated carbocycles. The smallest absolute Gasteiger partial charge is 0.225 e. The number of para-hydroxylation sites is 1. The number of nitrogens with zero attached hydrogens (tertiary/aromatic N) is 1. The van der Waals surface area contributed by atoms with Crippen molar-refractivity contribution in [2.75, 3.05) is 25.0 Å². The van der Waals surface area contributed by atoms with Gasteiger partial charge < -0.3 is 16.0 Å². The number of hydrogen-bond donors (Lipinski definition) is 2. The molecule has 1 aliphatic rings. The topological polar surface area (TPSA) is 58.4 Å². The van der Waals surface area contributed by atoms with Crippen LogP contribution in [0.4, 0.5) is 10.1 Å². The molecular weight excluding hydrogens is 269 g/mol. The van der Waals surface area contributed by atoms with Crippen molar-refractivity contribution < 1.29 is 9.18 Å². The van der Waals surface area contributed by atoms with Crippen LogP contribution in [0.2, 0.25) is 0 Å². The number of rotatable bonds is 5. The molecule has 1 amide bonds. The van der Waals surface area contributed by atoms with Crippen molar-refractivity contribution in [1.82, 2.24) is 4.90 Å². The van der Waals surface area contributed by atoms with Crippen molar-refractivity contribution >= 4 is 11.6 Å². The summed E-state index contributed by atoms with van der Waals surface area (Å²) in [6, 6.07) is 6.50. The largest absolute Gasteiger partial charge is 0.327 e. The van der Waals surface area contributed by atoms with E-state index in [0.717, 1.165) is 25.9 Å². The summed E-state index contributed by atoms with van der Waals surface area (Å²) in [4.78, 5) is 14.2. The van der Waals surface area contributed by atoms with Crippen LogP contribution < -0.4 is 11.1 Å². The van der Waals surface area contributed by atoms with Crippen LogP contribution in [0.15, 0.2) is 24.3 Å². The van der Waals surface area contributed by atoms with E-state index in [9.17, 15) is 9.18 Å². The van der Waals surface area contributed by atoms with E-state index in [1.807, 2.05) is 0 Å². The second kappa shape index (κ2) is 7.52. The standard InChI is InChI=1S/C16H24FN3O/c1-2-12-11-20(9-7-14(12)18)10-8-16(21)19-15-6-4-3-5-13(15)17/h3-6,12,14H,2,7-11,18H2,1H3,(H,19,21). The number of carbonyl (C=O) groups excluding carboxylic acids is 1. The Labute approximate surface area is 125 Å².